The quantitative estimate of drug-likeness (QED) is 0.108. The number of nitrogens with zero attached hydrogens (tertiary/aromatic N) is 6. The molecule has 328 valence electrons. The lowest BCUT2D eigenvalue weighted by molar-refractivity contribution is -0.0158. The second-order valence-corrected chi connectivity index (χ2v) is 17.8. The van der Waals surface area contributed by atoms with E-state index in [9.17, 15) is 9.90 Å². The largest absolute Gasteiger partial charge is 0.494 e. The number of aromatic nitrogens is 4. The molecule has 6 aromatic rings. The summed E-state index contributed by atoms with van der Waals surface area (Å²) < 4.78 is 23.3. The first-order chi connectivity index (χ1) is 29.7. The third kappa shape index (κ3) is 8.00. The fourth-order valence-corrected chi connectivity index (χ4v) is 10.1. The summed E-state index contributed by atoms with van der Waals surface area (Å²) in [7, 11) is 5.38. The van der Waals surface area contributed by atoms with Gasteiger partial charge in [0, 0.05) is 86.0 Å². The number of aromatic carboxylic acids is 1. The van der Waals surface area contributed by atoms with Crippen molar-refractivity contribution in [1.82, 2.24) is 23.8 Å². The highest BCUT2D eigenvalue weighted by atomic mass is 35.5. The average molecular weight is 884 g/mol. The molecule has 0 bridgehead atoms. The van der Waals surface area contributed by atoms with Crippen molar-refractivity contribution in [3.05, 3.63) is 97.5 Å². The highest BCUT2D eigenvalue weighted by Gasteiger charge is 2.38. The van der Waals surface area contributed by atoms with E-state index in [1.54, 1.807) is 24.8 Å². The maximum Gasteiger partial charge on any atom is 0.352 e. The van der Waals surface area contributed by atoms with Crippen LogP contribution >= 0.6 is 23.2 Å². The molecule has 0 saturated carbocycles. The molecule has 3 aromatic heterocycles. The van der Waals surface area contributed by atoms with E-state index in [2.05, 4.69) is 28.5 Å². The molecular formula is C48H56Cl2N6O6. The number of carboxylic acid groups (broad SMARTS) is 1. The fraction of sp³-hybridized carbons (Fsp3) is 0.438. The summed E-state index contributed by atoms with van der Waals surface area (Å²) in [5.41, 5.74) is 10.6. The first-order valence-electron chi connectivity index (χ1n) is 21.4. The van der Waals surface area contributed by atoms with Crippen LogP contribution in [-0.4, -0.2) is 93.5 Å². The van der Waals surface area contributed by atoms with Gasteiger partial charge >= 0.3 is 5.97 Å². The van der Waals surface area contributed by atoms with Crippen LogP contribution in [0.4, 0.5) is 5.69 Å². The number of carboxylic acids is 1. The van der Waals surface area contributed by atoms with E-state index in [1.165, 1.54) is 0 Å². The lowest BCUT2D eigenvalue weighted by Gasteiger charge is -2.35. The van der Waals surface area contributed by atoms with Crippen molar-refractivity contribution in [1.29, 1.82) is 0 Å². The van der Waals surface area contributed by atoms with Gasteiger partial charge in [-0.15, -0.1) is 0 Å². The van der Waals surface area contributed by atoms with E-state index in [4.69, 9.17) is 42.5 Å². The van der Waals surface area contributed by atoms with Crippen LogP contribution < -0.4 is 9.64 Å². The Hall–Kier alpha value is -4.85. The number of amides is 1. The van der Waals surface area contributed by atoms with Crippen molar-refractivity contribution in [2.45, 2.75) is 79.0 Å². The normalized spacial score (nSPS) is 16.3. The van der Waals surface area contributed by atoms with Crippen molar-refractivity contribution in [2.75, 3.05) is 51.5 Å². The number of hydrogen-bond donors (Lipinski definition) is 1. The van der Waals surface area contributed by atoms with E-state index in [1.807, 2.05) is 68.6 Å². The van der Waals surface area contributed by atoms with E-state index in [0.717, 1.165) is 97.8 Å². The van der Waals surface area contributed by atoms with Gasteiger partial charge in [0.15, 0.2) is 0 Å². The number of ether oxygens (including phenoxy) is 3. The van der Waals surface area contributed by atoms with Crippen LogP contribution in [0.1, 0.15) is 86.8 Å². The van der Waals surface area contributed by atoms with E-state index in [-0.39, 0.29) is 23.7 Å². The zero-order valence-electron chi connectivity index (χ0n) is 36.9. The zero-order valence-corrected chi connectivity index (χ0v) is 38.4. The van der Waals surface area contributed by atoms with Gasteiger partial charge < -0.3 is 33.4 Å². The molecule has 1 saturated heterocycles. The summed E-state index contributed by atoms with van der Waals surface area (Å²) in [5.74, 6) is -0.414. The Bertz CT molecular complexity index is 2680. The average Bonchev–Trinajstić information content (AvgIpc) is 3.84. The van der Waals surface area contributed by atoms with Crippen molar-refractivity contribution in [3.63, 3.8) is 0 Å². The number of halogens is 2. The van der Waals surface area contributed by atoms with E-state index < -0.39 is 5.97 Å². The predicted octanol–water partition coefficient (Wildman–Crippen LogP) is 9.63. The minimum Gasteiger partial charge on any atom is -0.494 e. The smallest absolute Gasteiger partial charge is 0.352 e. The molecule has 0 unspecified atom stereocenters. The van der Waals surface area contributed by atoms with Gasteiger partial charge in [0.1, 0.15) is 17.1 Å². The van der Waals surface area contributed by atoms with Crippen LogP contribution in [0.15, 0.2) is 42.5 Å². The Balaban J connectivity index is 1.22. The van der Waals surface area contributed by atoms with Crippen molar-refractivity contribution in [2.24, 2.45) is 14.1 Å². The number of carbonyl (C=O) groups is 2. The fourth-order valence-electron chi connectivity index (χ4n) is 9.77. The van der Waals surface area contributed by atoms with Crippen LogP contribution in [-0.2, 0) is 36.5 Å². The first-order valence-corrected chi connectivity index (χ1v) is 22.2. The van der Waals surface area contributed by atoms with Crippen LogP contribution in [0.25, 0.3) is 32.9 Å². The van der Waals surface area contributed by atoms with Crippen molar-refractivity contribution >= 4 is 62.6 Å². The van der Waals surface area contributed by atoms with Crippen LogP contribution in [0.5, 0.6) is 5.75 Å². The van der Waals surface area contributed by atoms with Crippen LogP contribution in [0.2, 0.25) is 10.0 Å². The first kappa shape index (κ1) is 43.8. The maximum absolute atomic E-state index is 15.6. The molecule has 12 nitrogen and oxygen atoms in total. The third-order valence-corrected chi connectivity index (χ3v) is 13.7. The van der Waals surface area contributed by atoms with Gasteiger partial charge in [0.2, 0.25) is 0 Å². The second kappa shape index (κ2) is 17.7. The second-order valence-electron chi connectivity index (χ2n) is 17.1. The topological polar surface area (TPSA) is 116 Å². The molecule has 1 amide bonds. The van der Waals surface area contributed by atoms with Gasteiger partial charge in [-0.2, -0.15) is 5.10 Å². The number of aryl methyl sites for hydroxylation is 6. The summed E-state index contributed by atoms with van der Waals surface area (Å²) in [6.07, 6.45) is 3.23. The van der Waals surface area contributed by atoms with Crippen molar-refractivity contribution < 1.29 is 28.9 Å². The van der Waals surface area contributed by atoms with Gasteiger partial charge in [0.05, 0.1) is 53.4 Å². The Morgan fingerprint density at radius 2 is 1.66 bits per heavy atom. The molecule has 3 aromatic carbocycles. The molecule has 1 atom stereocenters. The Morgan fingerprint density at radius 1 is 0.935 bits per heavy atom. The van der Waals surface area contributed by atoms with Gasteiger partial charge in [0.25, 0.3) is 5.91 Å². The molecule has 2 aliphatic rings. The molecule has 14 heteroatoms. The van der Waals surface area contributed by atoms with Gasteiger partial charge in [-0.05, 0) is 119 Å². The highest BCUT2D eigenvalue weighted by Crippen LogP contribution is 2.46. The molecule has 0 spiro atoms. The Kier molecular flexibility index (Phi) is 12.5. The molecule has 62 heavy (non-hydrogen) atoms. The molecule has 2 aliphatic heterocycles. The molecule has 5 heterocycles. The standard InChI is InChI=1S/C48H56Cl2N6O6/c1-27-20-35(21-28(2)43(27)50)61-17-9-10-36-37-11-12-38(49)42(41-30(4)51-53(7)31(41)5)45(37)56-29(3)25-55(47(57)46(36)56)39-23-32(22-33-24-40(48(58)59)52(6)44(33)39)26-54-15-13-34(14-16-54)62-19-18-60-8/h11-12,20-24,29,34H,9-10,13-19,25-26H2,1-8H3,(H,58,59)/t29-/m1/s1. The number of fused-ring (bicyclic) bond motifs is 4. The molecule has 0 radical (unpaired) electrons. The minimum absolute atomic E-state index is 0.147. The number of carbonyl (C=O) groups excluding carboxylic acids is 1. The number of likely N-dealkylation sites (tertiary alicyclic amines) is 1. The summed E-state index contributed by atoms with van der Waals surface area (Å²) in [6.45, 7) is 14.5. The Labute approximate surface area is 372 Å². The van der Waals surface area contributed by atoms with Crippen LogP contribution in [0.3, 0.4) is 0 Å². The monoisotopic (exact) mass is 882 g/mol. The summed E-state index contributed by atoms with van der Waals surface area (Å²) in [6, 6.07) is 13.6. The number of anilines is 1. The third-order valence-electron chi connectivity index (χ3n) is 12.8. The van der Waals surface area contributed by atoms with Gasteiger partial charge in [-0.25, -0.2) is 4.79 Å². The predicted molar refractivity (Wildman–Crippen MR) is 246 cm³/mol. The summed E-state index contributed by atoms with van der Waals surface area (Å²) >= 11 is 13.6. The van der Waals surface area contributed by atoms with E-state index in [0.29, 0.717) is 67.7 Å². The minimum atomic E-state index is -1.02. The lowest BCUT2D eigenvalue weighted by atomic mass is 9.98. The zero-order chi connectivity index (χ0) is 44.1. The lowest BCUT2D eigenvalue weighted by Crippen LogP contribution is -2.43. The maximum atomic E-state index is 15.6. The van der Waals surface area contributed by atoms with Gasteiger partial charge in [-0.3, -0.25) is 14.4 Å². The highest BCUT2D eigenvalue weighted by molar-refractivity contribution is 6.35. The molecule has 1 fully saturated rings. The number of methoxy groups -OCH3 is 1. The molecular weight excluding hydrogens is 827 g/mol. The van der Waals surface area contributed by atoms with Crippen molar-refractivity contribution in [3.8, 4) is 16.9 Å². The van der Waals surface area contributed by atoms with E-state index >= 15 is 4.79 Å². The molecule has 0 aliphatic carbocycles. The van der Waals surface area contributed by atoms with Crippen LogP contribution in [0, 0.1) is 27.7 Å². The summed E-state index contributed by atoms with van der Waals surface area (Å²) in [5, 5.41) is 18.1. The van der Waals surface area contributed by atoms with Gasteiger partial charge in [-0.1, -0.05) is 29.3 Å². The SMILES string of the molecule is COCCOC1CCN(Cc2cc(N3C[C@@H](C)n4c(c(CCCOc5cc(C)c(Cl)c(C)c5)c5ccc(Cl)c(-c6c(C)nn(C)c6C)c54)C3=O)c3c(c2)cc(C(=O)O)n3C)CC1. The number of rotatable bonds is 14. The number of piperidine rings is 1. The molecule has 8 rings (SSSR count). The number of benzene rings is 3. The number of hydrogen-bond acceptors (Lipinski definition) is 7. The molecule has 1 N–H and O–H groups in total. The summed E-state index contributed by atoms with van der Waals surface area (Å²) in [4.78, 5) is 32.4. The Morgan fingerprint density at radius 3 is 2.32 bits per heavy atom.